The average Bonchev–Trinajstić information content (AvgIpc) is 2.96. The first-order valence-electron chi connectivity index (χ1n) is 7.13. The minimum atomic E-state index is -4.46. The predicted molar refractivity (Wildman–Crippen MR) is 79.2 cm³/mol. The number of aromatic nitrogens is 1. The topological polar surface area (TPSA) is 62.5 Å². The van der Waals surface area contributed by atoms with E-state index in [1.807, 2.05) is 0 Å². The third kappa shape index (κ3) is 2.53. The molecule has 2 aromatic rings. The average molecular weight is 338 g/mol. The van der Waals surface area contributed by atoms with E-state index in [0.29, 0.717) is 5.69 Å². The number of carbonyl (C=O) groups excluding carboxylic acids is 1. The molecule has 8 heteroatoms. The second kappa shape index (κ2) is 5.40. The van der Waals surface area contributed by atoms with Crippen LogP contribution in [0.4, 0.5) is 18.9 Å². The van der Waals surface area contributed by atoms with Crippen molar-refractivity contribution in [2.45, 2.75) is 19.1 Å². The van der Waals surface area contributed by atoms with Gasteiger partial charge in [-0.2, -0.15) is 13.2 Å². The number of carbonyl (C=O) groups is 2. The van der Waals surface area contributed by atoms with Crippen molar-refractivity contribution in [1.29, 1.82) is 0 Å². The summed E-state index contributed by atoms with van der Waals surface area (Å²) in [6.07, 6.45) is -2.92. The zero-order valence-electron chi connectivity index (χ0n) is 12.5. The Labute approximate surface area is 134 Å². The molecule has 0 radical (unpaired) electrons. The van der Waals surface area contributed by atoms with E-state index in [0.717, 1.165) is 12.1 Å². The van der Waals surface area contributed by atoms with Crippen LogP contribution in [0.5, 0.6) is 0 Å². The molecule has 0 bridgehead atoms. The highest BCUT2D eigenvalue weighted by molar-refractivity contribution is 6.11. The standard InChI is InChI=1S/C16H13F3N2O3/c1-9-8-21(11-4-2-10(3-5-11)16(17,18)19)14(22)13-12(15(23)24)6-7-20(9)13/h2-7,9H,8H2,1H3,(H,23,24)/t9-/m0/s1. The van der Waals surface area contributed by atoms with Crippen LogP contribution in [-0.2, 0) is 6.18 Å². The summed E-state index contributed by atoms with van der Waals surface area (Å²) < 4.78 is 39.5. The largest absolute Gasteiger partial charge is 0.478 e. The molecule has 3 rings (SSSR count). The minimum Gasteiger partial charge on any atom is -0.478 e. The Morgan fingerprint density at radius 3 is 2.38 bits per heavy atom. The van der Waals surface area contributed by atoms with Gasteiger partial charge in [0.25, 0.3) is 5.91 Å². The number of rotatable bonds is 2. The summed E-state index contributed by atoms with van der Waals surface area (Å²) in [6.45, 7) is 2.05. The fourth-order valence-electron chi connectivity index (χ4n) is 2.83. The maximum atomic E-state index is 12.7. The molecule has 2 heterocycles. The van der Waals surface area contributed by atoms with Crippen molar-refractivity contribution in [2.75, 3.05) is 11.4 Å². The minimum absolute atomic E-state index is 0.0288. The van der Waals surface area contributed by atoms with Crippen LogP contribution in [0.15, 0.2) is 36.5 Å². The quantitative estimate of drug-likeness (QED) is 0.912. The molecular weight excluding hydrogens is 325 g/mol. The number of fused-ring (bicyclic) bond motifs is 1. The molecule has 1 aliphatic rings. The molecule has 0 saturated carbocycles. The van der Waals surface area contributed by atoms with Gasteiger partial charge in [0.1, 0.15) is 5.69 Å². The number of hydrogen-bond donors (Lipinski definition) is 1. The molecule has 1 atom stereocenters. The summed E-state index contributed by atoms with van der Waals surface area (Å²) in [4.78, 5) is 25.2. The summed E-state index contributed by atoms with van der Waals surface area (Å²) in [7, 11) is 0. The zero-order valence-corrected chi connectivity index (χ0v) is 12.5. The number of alkyl halides is 3. The number of nitrogens with zero attached hydrogens (tertiary/aromatic N) is 2. The van der Waals surface area contributed by atoms with E-state index in [4.69, 9.17) is 0 Å². The Balaban J connectivity index is 2.00. The molecule has 0 fully saturated rings. The van der Waals surface area contributed by atoms with E-state index in [1.54, 1.807) is 11.5 Å². The molecule has 0 spiro atoms. The number of carboxylic acid groups (broad SMARTS) is 1. The van der Waals surface area contributed by atoms with Crippen LogP contribution < -0.4 is 4.90 Å². The Bertz CT molecular complexity index is 809. The van der Waals surface area contributed by atoms with Crippen molar-refractivity contribution >= 4 is 17.6 Å². The fourth-order valence-corrected chi connectivity index (χ4v) is 2.83. The first-order valence-corrected chi connectivity index (χ1v) is 7.13. The van der Waals surface area contributed by atoms with Gasteiger partial charge < -0.3 is 14.6 Å². The molecule has 0 unspecified atom stereocenters. The van der Waals surface area contributed by atoms with E-state index < -0.39 is 23.6 Å². The Hall–Kier alpha value is -2.77. The lowest BCUT2D eigenvalue weighted by atomic mass is 10.1. The molecule has 24 heavy (non-hydrogen) atoms. The second-order valence-electron chi connectivity index (χ2n) is 5.60. The number of anilines is 1. The van der Waals surface area contributed by atoms with Crippen LogP contribution in [0, 0.1) is 0 Å². The molecule has 1 aromatic carbocycles. The van der Waals surface area contributed by atoms with Gasteiger partial charge in [0.2, 0.25) is 0 Å². The number of carboxylic acids is 1. The summed E-state index contributed by atoms with van der Waals surface area (Å²) in [5, 5.41) is 9.21. The van der Waals surface area contributed by atoms with Gasteiger partial charge in [-0.15, -0.1) is 0 Å². The number of halogens is 3. The van der Waals surface area contributed by atoms with Crippen molar-refractivity contribution in [3.05, 3.63) is 53.3 Å². The van der Waals surface area contributed by atoms with E-state index in [-0.39, 0.29) is 23.8 Å². The molecule has 0 aliphatic carbocycles. The van der Waals surface area contributed by atoms with Crippen molar-refractivity contribution in [3.63, 3.8) is 0 Å². The van der Waals surface area contributed by atoms with E-state index in [9.17, 15) is 27.9 Å². The lowest BCUT2D eigenvalue weighted by Crippen LogP contribution is -2.42. The lowest BCUT2D eigenvalue weighted by molar-refractivity contribution is -0.137. The highest BCUT2D eigenvalue weighted by atomic mass is 19.4. The third-order valence-corrected chi connectivity index (χ3v) is 4.02. The molecule has 126 valence electrons. The molecule has 5 nitrogen and oxygen atoms in total. The van der Waals surface area contributed by atoms with Crippen LogP contribution in [0.1, 0.15) is 39.4 Å². The maximum absolute atomic E-state index is 12.7. The normalized spacial score (nSPS) is 17.8. The van der Waals surface area contributed by atoms with E-state index in [1.165, 1.54) is 29.3 Å². The molecule has 1 N–H and O–H groups in total. The summed E-state index contributed by atoms with van der Waals surface area (Å²) in [5.41, 5.74) is -0.605. The van der Waals surface area contributed by atoms with Gasteiger partial charge >= 0.3 is 12.1 Å². The molecule has 0 saturated heterocycles. The van der Waals surface area contributed by atoms with Gasteiger partial charge in [0.15, 0.2) is 0 Å². The van der Waals surface area contributed by atoms with Crippen molar-refractivity contribution in [1.82, 2.24) is 4.57 Å². The van der Waals surface area contributed by atoms with E-state index >= 15 is 0 Å². The Kier molecular flexibility index (Phi) is 3.62. The molecular formula is C16H13F3N2O3. The van der Waals surface area contributed by atoms with E-state index in [2.05, 4.69) is 0 Å². The fraction of sp³-hybridized carbons (Fsp3) is 0.250. The zero-order chi connectivity index (χ0) is 17.6. The molecule has 1 amide bonds. The van der Waals surface area contributed by atoms with Crippen molar-refractivity contribution in [3.8, 4) is 0 Å². The van der Waals surface area contributed by atoms with Crippen LogP contribution in [0.25, 0.3) is 0 Å². The van der Waals surface area contributed by atoms with Gasteiger partial charge in [-0.25, -0.2) is 4.79 Å². The van der Waals surface area contributed by atoms with Crippen molar-refractivity contribution in [2.24, 2.45) is 0 Å². The molecule has 1 aromatic heterocycles. The Morgan fingerprint density at radius 1 is 1.21 bits per heavy atom. The third-order valence-electron chi connectivity index (χ3n) is 4.02. The van der Waals surface area contributed by atoms with Gasteiger partial charge in [-0.05, 0) is 37.3 Å². The summed E-state index contributed by atoms with van der Waals surface area (Å²) >= 11 is 0. The van der Waals surface area contributed by atoms with Gasteiger partial charge in [-0.3, -0.25) is 4.79 Å². The second-order valence-corrected chi connectivity index (χ2v) is 5.60. The van der Waals surface area contributed by atoms with Gasteiger partial charge in [-0.1, -0.05) is 0 Å². The maximum Gasteiger partial charge on any atom is 0.416 e. The number of benzene rings is 1. The first kappa shape index (κ1) is 16.1. The molecule has 1 aliphatic heterocycles. The van der Waals surface area contributed by atoms with Crippen LogP contribution >= 0.6 is 0 Å². The smallest absolute Gasteiger partial charge is 0.416 e. The van der Waals surface area contributed by atoms with Crippen molar-refractivity contribution < 1.29 is 27.9 Å². The number of hydrogen-bond acceptors (Lipinski definition) is 2. The van der Waals surface area contributed by atoms with Gasteiger partial charge in [0.05, 0.1) is 11.1 Å². The SMILES string of the molecule is C[C@H]1CN(c2ccc(C(F)(F)F)cc2)C(=O)c2c(C(=O)O)ccn21. The number of amides is 1. The highest BCUT2D eigenvalue weighted by Crippen LogP contribution is 2.33. The van der Waals surface area contributed by atoms with Crippen LogP contribution in [0.3, 0.4) is 0 Å². The highest BCUT2D eigenvalue weighted by Gasteiger charge is 2.35. The number of aromatic carboxylic acids is 1. The predicted octanol–water partition coefficient (Wildman–Crippen LogP) is 3.43. The first-order chi connectivity index (χ1) is 11.2. The summed E-state index contributed by atoms with van der Waals surface area (Å²) in [5.74, 6) is -1.77. The summed E-state index contributed by atoms with van der Waals surface area (Å²) in [6, 6.07) is 5.38. The Morgan fingerprint density at radius 2 is 1.83 bits per heavy atom. The van der Waals surface area contributed by atoms with Crippen LogP contribution in [-0.4, -0.2) is 28.1 Å². The lowest BCUT2D eigenvalue weighted by Gasteiger charge is -2.33. The van der Waals surface area contributed by atoms with Crippen LogP contribution in [0.2, 0.25) is 0 Å². The van der Waals surface area contributed by atoms with Gasteiger partial charge in [0, 0.05) is 24.5 Å². The monoisotopic (exact) mass is 338 g/mol.